The maximum Gasteiger partial charge on any atom is 0.140 e. The largest absolute Gasteiger partial charge is 0.486 e. The summed E-state index contributed by atoms with van der Waals surface area (Å²) in [6.07, 6.45) is 1.71. The third-order valence-electron chi connectivity index (χ3n) is 4.26. The number of halogens is 2. The van der Waals surface area contributed by atoms with E-state index in [-0.39, 0.29) is 10.8 Å². The Kier molecular flexibility index (Phi) is 6.79. The van der Waals surface area contributed by atoms with Crippen LogP contribution in [0.25, 0.3) is 10.9 Å². The van der Waals surface area contributed by atoms with Crippen molar-refractivity contribution in [3.63, 3.8) is 0 Å². The molecular weight excluding hydrogens is 429 g/mol. The van der Waals surface area contributed by atoms with E-state index in [1.54, 1.807) is 18.3 Å². The van der Waals surface area contributed by atoms with Crippen LogP contribution in [0.2, 0.25) is 10.2 Å². The number of benzene rings is 1. The van der Waals surface area contributed by atoms with E-state index >= 15 is 0 Å². The molecule has 0 aliphatic rings. The van der Waals surface area contributed by atoms with Gasteiger partial charge in [-0.3, -0.25) is 4.98 Å². The summed E-state index contributed by atoms with van der Waals surface area (Å²) in [7, 11) is -1.23. The average Bonchev–Trinajstić information content (AvgIpc) is 2.66. The molecule has 2 heterocycles. The monoisotopic (exact) mass is 451 g/mol. The third kappa shape index (κ3) is 5.45. The van der Waals surface area contributed by atoms with Gasteiger partial charge >= 0.3 is 0 Å². The molecule has 8 heteroatoms. The summed E-state index contributed by atoms with van der Waals surface area (Å²) in [6.45, 7) is 7.95. The standard InChI is InChI=1S/C21H23Cl2N3O2S/c1-13(26-29(27)21(2,3)4)16-9-14-10-17(22)19(11-18(14)25-20(16)23)28-12-15-7-5-6-8-24-15/h5-11,13,26H,12H2,1-4H3/t13?,29-/m1/s1. The molecular formula is C21H23Cl2N3O2S. The Morgan fingerprint density at radius 1 is 1.21 bits per heavy atom. The van der Waals surface area contributed by atoms with Crippen LogP contribution in [0.3, 0.4) is 0 Å². The zero-order chi connectivity index (χ0) is 21.2. The van der Waals surface area contributed by atoms with E-state index in [0.717, 1.165) is 16.6 Å². The van der Waals surface area contributed by atoms with Crippen LogP contribution in [0.4, 0.5) is 0 Å². The van der Waals surface area contributed by atoms with E-state index in [1.807, 2.05) is 52.0 Å². The first-order valence-electron chi connectivity index (χ1n) is 9.15. The lowest BCUT2D eigenvalue weighted by atomic mass is 10.1. The van der Waals surface area contributed by atoms with Crippen molar-refractivity contribution in [3.05, 3.63) is 64.0 Å². The summed E-state index contributed by atoms with van der Waals surface area (Å²) in [5.74, 6) is 0.515. The number of fused-ring (bicyclic) bond motifs is 1. The molecule has 2 atom stereocenters. The highest BCUT2D eigenvalue weighted by Crippen LogP contribution is 2.33. The number of nitrogens with one attached hydrogen (secondary N) is 1. The number of nitrogens with zero attached hydrogens (tertiary/aromatic N) is 2. The second-order valence-electron chi connectivity index (χ2n) is 7.67. The van der Waals surface area contributed by atoms with Crippen LogP contribution in [-0.2, 0) is 17.6 Å². The fraction of sp³-hybridized carbons (Fsp3) is 0.333. The Morgan fingerprint density at radius 3 is 2.62 bits per heavy atom. The van der Waals surface area contributed by atoms with Gasteiger partial charge in [0.15, 0.2) is 0 Å². The van der Waals surface area contributed by atoms with E-state index < -0.39 is 11.0 Å². The van der Waals surface area contributed by atoms with Crippen molar-refractivity contribution < 1.29 is 8.95 Å². The van der Waals surface area contributed by atoms with Gasteiger partial charge < -0.3 is 4.74 Å². The third-order valence-corrected chi connectivity index (χ3v) is 6.54. The Bertz CT molecular complexity index is 1040. The second kappa shape index (κ2) is 8.96. The summed E-state index contributed by atoms with van der Waals surface area (Å²) in [4.78, 5) is 8.73. The summed E-state index contributed by atoms with van der Waals surface area (Å²) in [6, 6.07) is 10.9. The van der Waals surface area contributed by atoms with Gasteiger partial charge in [-0.2, -0.15) is 0 Å². The lowest BCUT2D eigenvalue weighted by Crippen LogP contribution is -2.34. The molecule has 1 aromatic carbocycles. The summed E-state index contributed by atoms with van der Waals surface area (Å²) >= 11 is 12.8. The molecule has 5 nitrogen and oxygen atoms in total. The molecule has 1 unspecified atom stereocenters. The lowest BCUT2D eigenvalue weighted by Gasteiger charge is -2.22. The van der Waals surface area contributed by atoms with Crippen LogP contribution < -0.4 is 9.46 Å². The first-order chi connectivity index (χ1) is 13.6. The molecule has 0 saturated carbocycles. The Labute approximate surface area is 183 Å². The quantitative estimate of drug-likeness (QED) is 0.493. The van der Waals surface area contributed by atoms with Crippen LogP contribution in [0, 0.1) is 0 Å². The molecule has 0 radical (unpaired) electrons. The SMILES string of the molecule is CC(N[S@](=O)C(C)(C)C)c1cc2cc(Cl)c(OCc3ccccn3)cc2nc1Cl. The van der Waals surface area contributed by atoms with Crippen molar-refractivity contribution in [1.29, 1.82) is 0 Å². The highest BCUT2D eigenvalue weighted by molar-refractivity contribution is 7.84. The van der Waals surface area contributed by atoms with Gasteiger partial charge in [0.2, 0.25) is 0 Å². The van der Waals surface area contributed by atoms with Gasteiger partial charge in [0.05, 0.1) is 32.0 Å². The van der Waals surface area contributed by atoms with Crippen molar-refractivity contribution in [3.8, 4) is 5.75 Å². The van der Waals surface area contributed by atoms with Gasteiger partial charge in [-0.15, -0.1) is 0 Å². The molecule has 154 valence electrons. The van der Waals surface area contributed by atoms with Crippen molar-refractivity contribution in [2.24, 2.45) is 0 Å². The van der Waals surface area contributed by atoms with Crippen molar-refractivity contribution in [2.75, 3.05) is 0 Å². The maximum absolute atomic E-state index is 12.4. The van der Waals surface area contributed by atoms with Crippen molar-refractivity contribution in [1.82, 2.24) is 14.7 Å². The zero-order valence-corrected chi connectivity index (χ0v) is 19.0. The topological polar surface area (TPSA) is 64.1 Å². The maximum atomic E-state index is 12.4. The van der Waals surface area contributed by atoms with Crippen LogP contribution in [0.1, 0.15) is 45.0 Å². The Hall–Kier alpha value is -1.73. The van der Waals surface area contributed by atoms with Gasteiger partial charge in [-0.25, -0.2) is 13.9 Å². The summed E-state index contributed by atoms with van der Waals surface area (Å²) < 4.78 is 20.9. The van der Waals surface area contributed by atoms with E-state index in [0.29, 0.717) is 28.0 Å². The molecule has 0 aliphatic carbocycles. The van der Waals surface area contributed by atoms with Crippen LogP contribution in [0.5, 0.6) is 5.75 Å². The van der Waals surface area contributed by atoms with Crippen LogP contribution >= 0.6 is 23.2 Å². The number of rotatable bonds is 6. The molecule has 2 aromatic heterocycles. The number of pyridine rings is 2. The highest BCUT2D eigenvalue weighted by atomic mass is 35.5. The van der Waals surface area contributed by atoms with Crippen molar-refractivity contribution >= 4 is 45.1 Å². The highest BCUT2D eigenvalue weighted by Gasteiger charge is 2.23. The van der Waals surface area contributed by atoms with Gasteiger partial charge in [-0.1, -0.05) is 29.3 Å². The van der Waals surface area contributed by atoms with Crippen molar-refractivity contribution in [2.45, 2.75) is 45.1 Å². The number of hydrogen-bond acceptors (Lipinski definition) is 4. The second-order valence-corrected chi connectivity index (χ2v) is 10.4. The molecule has 0 saturated heterocycles. The fourth-order valence-corrected chi connectivity index (χ4v) is 3.96. The lowest BCUT2D eigenvalue weighted by molar-refractivity contribution is 0.302. The van der Waals surface area contributed by atoms with Crippen LogP contribution in [0.15, 0.2) is 42.6 Å². The molecule has 0 spiro atoms. The van der Waals surface area contributed by atoms with E-state index in [9.17, 15) is 4.21 Å². The predicted molar refractivity (Wildman–Crippen MR) is 120 cm³/mol. The number of ether oxygens (including phenoxy) is 1. The number of aromatic nitrogens is 2. The molecule has 0 aliphatic heterocycles. The molecule has 1 N–H and O–H groups in total. The zero-order valence-electron chi connectivity index (χ0n) is 16.7. The Balaban J connectivity index is 1.85. The minimum atomic E-state index is -1.23. The first-order valence-corrected chi connectivity index (χ1v) is 11.1. The normalized spacial score (nSPS) is 14.0. The first kappa shape index (κ1) is 22.0. The molecule has 29 heavy (non-hydrogen) atoms. The minimum Gasteiger partial charge on any atom is -0.486 e. The van der Waals surface area contributed by atoms with E-state index in [2.05, 4.69) is 14.7 Å². The van der Waals surface area contributed by atoms with Crippen LogP contribution in [-0.4, -0.2) is 18.9 Å². The van der Waals surface area contributed by atoms with Gasteiger partial charge in [-0.05, 0) is 52.0 Å². The van der Waals surface area contributed by atoms with Gasteiger partial charge in [0, 0.05) is 29.3 Å². The van der Waals surface area contributed by atoms with E-state index in [4.69, 9.17) is 27.9 Å². The fourth-order valence-electron chi connectivity index (χ4n) is 2.62. The molecule has 0 fully saturated rings. The van der Waals surface area contributed by atoms with Gasteiger partial charge in [0.25, 0.3) is 0 Å². The predicted octanol–water partition coefficient (Wildman–Crippen LogP) is 5.63. The van der Waals surface area contributed by atoms with E-state index in [1.165, 1.54) is 0 Å². The molecule has 0 amide bonds. The van der Waals surface area contributed by atoms with Gasteiger partial charge in [0.1, 0.15) is 17.5 Å². The smallest absolute Gasteiger partial charge is 0.140 e. The molecule has 3 rings (SSSR count). The Morgan fingerprint density at radius 2 is 1.97 bits per heavy atom. The summed E-state index contributed by atoms with van der Waals surface area (Å²) in [5, 5.41) is 1.65. The summed E-state index contributed by atoms with van der Waals surface area (Å²) in [5.41, 5.74) is 2.23. The average molecular weight is 452 g/mol. The number of hydrogen-bond donors (Lipinski definition) is 1. The molecule has 3 aromatic rings. The molecule has 0 bridgehead atoms. The minimum absolute atomic E-state index is 0.238.